The number of hydrogen-bond acceptors (Lipinski definition) is 5. The predicted molar refractivity (Wildman–Crippen MR) is 127 cm³/mol. The van der Waals surface area contributed by atoms with Crippen molar-refractivity contribution in [1.29, 1.82) is 0 Å². The molecule has 7 nitrogen and oxygen atoms in total. The molecule has 0 saturated carbocycles. The average Bonchev–Trinajstić information content (AvgIpc) is 3.27. The summed E-state index contributed by atoms with van der Waals surface area (Å²) in [6.07, 6.45) is 6.19. The molecule has 0 atom stereocenters. The molecule has 8 heteroatoms. The maximum atomic E-state index is 12.9. The lowest BCUT2D eigenvalue weighted by atomic mass is 10.1. The summed E-state index contributed by atoms with van der Waals surface area (Å²) in [4.78, 5) is 19.6. The van der Waals surface area contributed by atoms with Crippen LogP contribution in [-0.2, 0) is 9.84 Å². The van der Waals surface area contributed by atoms with Crippen molar-refractivity contribution in [2.75, 3.05) is 19.3 Å². The molecule has 0 bridgehead atoms. The van der Waals surface area contributed by atoms with Gasteiger partial charge in [-0.3, -0.25) is 4.79 Å². The van der Waals surface area contributed by atoms with Gasteiger partial charge >= 0.3 is 0 Å². The van der Waals surface area contributed by atoms with Crippen LogP contribution in [-0.4, -0.2) is 53.2 Å². The van der Waals surface area contributed by atoms with Gasteiger partial charge in [-0.15, -0.1) is 0 Å². The van der Waals surface area contributed by atoms with E-state index < -0.39 is 9.84 Å². The number of amides is 1. The van der Waals surface area contributed by atoms with Gasteiger partial charge in [0.05, 0.1) is 22.5 Å². The molecule has 0 N–H and O–H groups in total. The van der Waals surface area contributed by atoms with Gasteiger partial charge in [0, 0.05) is 36.0 Å². The lowest BCUT2D eigenvalue weighted by Gasteiger charge is -2.26. The highest BCUT2D eigenvalue weighted by Crippen LogP contribution is 2.25. The van der Waals surface area contributed by atoms with Gasteiger partial charge in [-0.05, 0) is 55.7 Å². The first kappa shape index (κ1) is 21.3. The number of sulfone groups is 1. The Bertz CT molecular complexity index is 1440. The third-order valence-corrected chi connectivity index (χ3v) is 7.12. The van der Waals surface area contributed by atoms with Gasteiger partial charge in [-0.25, -0.2) is 17.9 Å². The van der Waals surface area contributed by atoms with Crippen molar-refractivity contribution in [3.63, 3.8) is 0 Å². The van der Waals surface area contributed by atoms with Crippen molar-refractivity contribution in [2.45, 2.75) is 24.2 Å². The second-order valence-corrected chi connectivity index (χ2v) is 10.4. The smallest absolute Gasteiger partial charge is 0.253 e. The number of piperidine rings is 1. The summed E-state index contributed by atoms with van der Waals surface area (Å²) in [6.45, 7) is 1.62. The third kappa shape index (κ3) is 4.26. The van der Waals surface area contributed by atoms with Crippen molar-refractivity contribution in [3.8, 4) is 22.5 Å². The van der Waals surface area contributed by atoms with Crippen LogP contribution in [0.2, 0.25) is 0 Å². The normalized spacial score (nSPS) is 14.5. The lowest BCUT2D eigenvalue weighted by Crippen LogP contribution is -2.35. The van der Waals surface area contributed by atoms with Crippen LogP contribution in [0.25, 0.3) is 28.2 Å². The number of likely N-dealkylation sites (tertiary alicyclic amines) is 1. The SMILES string of the molecule is CS(=O)(=O)c1ccc(-c2cnc3ccc(-c4cccc(C(=O)N5CCCCC5)c4)nn23)cc1. The number of fused-ring (bicyclic) bond motifs is 1. The summed E-state index contributed by atoms with van der Waals surface area (Å²) >= 11 is 0. The maximum absolute atomic E-state index is 12.9. The van der Waals surface area contributed by atoms with Crippen LogP contribution < -0.4 is 0 Å². The summed E-state index contributed by atoms with van der Waals surface area (Å²) < 4.78 is 25.3. The van der Waals surface area contributed by atoms with Crippen LogP contribution in [0.1, 0.15) is 29.6 Å². The standard InChI is InChI=1S/C25H24N4O3S/c1-33(31,32)21-10-8-18(9-11-21)23-17-26-24-13-12-22(27-29(23)24)19-6-5-7-20(16-19)25(30)28-14-3-2-4-15-28/h5-13,16-17H,2-4,14-15H2,1H3. The van der Waals surface area contributed by atoms with Crippen molar-refractivity contribution >= 4 is 21.4 Å². The first-order valence-electron chi connectivity index (χ1n) is 11.0. The Hall–Kier alpha value is -3.52. The van der Waals surface area contributed by atoms with Crippen molar-refractivity contribution in [2.24, 2.45) is 0 Å². The summed E-state index contributed by atoms with van der Waals surface area (Å²) in [5.41, 5.74) is 4.50. The van der Waals surface area contributed by atoms with Crippen molar-refractivity contribution < 1.29 is 13.2 Å². The molecule has 2 aromatic heterocycles. The number of imidazole rings is 1. The molecule has 0 spiro atoms. The molecule has 0 radical (unpaired) electrons. The van der Waals surface area contributed by atoms with Crippen LogP contribution in [0.5, 0.6) is 0 Å². The molecule has 1 fully saturated rings. The predicted octanol–water partition coefficient (Wildman–Crippen LogP) is 4.09. The molecule has 1 amide bonds. The number of benzene rings is 2. The molecule has 1 aliphatic heterocycles. The highest BCUT2D eigenvalue weighted by atomic mass is 32.2. The summed E-state index contributed by atoms with van der Waals surface area (Å²) in [7, 11) is -3.26. The van der Waals surface area contributed by atoms with Gasteiger partial charge in [0.2, 0.25) is 0 Å². The first-order valence-corrected chi connectivity index (χ1v) is 12.8. The van der Waals surface area contributed by atoms with E-state index in [1.807, 2.05) is 41.3 Å². The van der Waals surface area contributed by atoms with E-state index >= 15 is 0 Å². The Morgan fingerprint density at radius 2 is 1.67 bits per heavy atom. The lowest BCUT2D eigenvalue weighted by molar-refractivity contribution is 0.0724. The fraction of sp³-hybridized carbons (Fsp3) is 0.240. The zero-order valence-corrected chi connectivity index (χ0v) is 19.1. The molecule has 5 rings (SSSR count). The largest absolute Gasteiger partial charge is 0.339 e. The fourth-order valence-corrected chi connectivity index (χ4v) is 4.82. The minimum Gasteiger partial charge on any atom is -0.339 e. The van der Waals surface area contributed by atoms with Crippen LogP contribution in [0.3, 0.4) is 0 Å². The highest BCUT2D eigenvalue weighted by Gasteiger charge is 2.19. The average molecular weight is 461 g/mol. The monoisotopic (exact) mass is 460 g/mol. The topological polar surface area (TPSA) is 84.6 Å². The van der Waals surface area contributed by atoms with E-state index in [2.05, 4.69) is 4.98 Å². The molecule has 0 unspecified atom stereocenters. The van der Waals surface area contributed by atoms with Gasteiger partial charge in [0.1, 0.15) is 0 Å². The van der Waals surface area contributed by atoms with Crippen LogP contribution >= 0.6 is 0 Å². The van der Waals surface area contributed by atoms with Gasteiger partial charge in [0.15, 0.2) is 15.5 Å². The zero-order chi connectivity index (χ0) is 23.0. The Kier molecular flexibility index (Phi) is 5.46. The molecule has 3 heterocycles. The number of hydrogen-bond donors (Lipinski definition) is 0. The Morgan fingerprint density at radius 3 is 2.39 bits per heavy atom. The Balaban J connectivity index is 1.50. The molecule has 2 aromatic carbocycles. The quantitative estimate of drug-likeness (QED) is 0.458. The molecule has 4 aromatic rings. The van der Waals surface area contributed by atoms with Gasteiger partial charge < -0.3 is 4.90 Å². The molecule has 33 heavy (non-hydrogen) atoms. The van der Waals surface area contributed by atoms with Crippen LogP contribution in [0, 0.1) is 0 Å². The molecule has 1 aliphatic rings. The third-order valence-electron chi connectivity index (χ3n) is 5.99. The molecular formula is C25H24N4O3S. The van der Waals surface area contributed by atoms with Crippen LogP contribution in [0.4, 0.5) is 0 Å². The molecule has 0 aliphatic carbocycles. The summed E-state index contributed by atoms with van der Waals surface area (Å²) in [5, 5.41) is 4.78. The minimum atomic E-state index is -3.26. The van der Waals surface area contributed by atoms with Gasteiger partial charge in [0.25, 0.3) is 5.91 Å². The number of aromatic nitrogens is 3. The van der Waals surface area contributed by atoms with E-state index in [9.17, 15) is 13.2 Å². The molecular weight excluding hydrogens is 436 g/mol. The second-order valence-electron chi connectivity index (χ2n) is 8.36. The number of nitrogens with zero attached hydrogens (tertiary/aromatic N) is 4. The van der Waals surface area contributed by atoms with Gasteiger partial charge in [-0.2, -0.15) is 5.10 Å². The molecule has 1 saturated heterocycles. The van der Waals surface area contributed by atoms with E-state index in [1.54, 1.807) is 35.0 Å². The van der Waals surface area contributed by atoms with Crippen molar-refractivity contribution in [3.05, 3.63) is 72.4 Å². The fourth-order valence-electron chi connectivity index (χ4n) is 4.19. The highest BCUT2D eigenvalue weighted by molar-refractivity contribution is 7.90. The second kappa shape index (κ2) is 8.44. The Labute approximate surface area is 192 Å². The van der Waals surface area contributed by atoms with E-state index in [1.165, 1.54) is 12.7 Å². The van der Waals surface area contributed by atoms with Crippen molar-refractivity contribution in [1.82, 2.24) is 19.5 Å². The van der Waals surface area contributed by atoms with Gasteiger partial charge in [-0.1, -0.05) is 24.3 Å². The number of carbonyl (C=O) groups excluding carboxylic acids is 1. The number of carbonyl (C=O) groups is 1. The minimum absolute atomic E-state index is 0.0620. The maximum Gasteiger partial charge on any atom is 0.253 e. The van der Waals surface area contributed by atoms with Crippen LogP contribution in [0.15, 0.2) is 71.8 Å². The van der Waals surface area contributed by atoms with E-state index in [0.717, 1.165) is 48.4 Å². The van der Waals surface area contributed by atoms with E-state index in [-0.39, 0.29) is 10.8 Å². The van der Waals surface area contributed by atoms with E-state index in [4.69, 9.17) is 5.10 Å². The first-order chi connectivity index (χ1) is 15.9. The summed E-state index contributed by atoms with van der Waals surface area (Å²) in [6, 6.07) is 18.0. The zero-order valence-electron chi connectivity index (χ0n) is 18.3. The molecule has 168 valence electrons. The Morgan fingerprint density at radius 1 is 0.909 bits per heavy atom. The summed E-state index contributed by atoms with van der Waals surface area (Å²) in [5.74, 6) is 0.0620. The van der Waals surface area contributed by atoms with E-state index in [0.29, 0.717) is 11.2 Å². The number of rotatable bonds is 4.